The van der Waals surface area contributed by atoms with Crippen molar-refractivity contribution in [2.45, 2.75) is 25.8 Å². The average molecular weight is 467 g/mol. The summed E-state index contributed by atoms with van der Waals surface area (Å²) in [6.45, 7) is 3.25. The van der Waals surface area contributed by atoms with Crippen molar-refractivity contribution in [3.8, 4) is 17.7 Å². The largest absolute Gasteiger partial charge is 0.459 e. The number of hydrogen-bond donors (Lipinski definition) is 1. The summed E-state index contributed by atoms with van der Waals surface area (Å²) in [5.74, 6) is 1.10. The van der Waals surface area contributed by atoms with Crippen LogP contribution < -0.4 is 10.2 Å². The third kappa shape index (κ3) is 4.82. The van der Waals surface area contributed by atoms with Gasteiger partial charge in [0.15, 0.2) is 5.76 Å². The first-order valence-corrected chi connectivity index (χ1v) is 11.7. The van der Waals surface area contributed by atoms with Crippen molar-refractivity contribution < 1.29 is 13.6 Å². The minimum atomic E-state index is -0.211. The van der Waals surface area contributed by atoms with E-state index in [1.165, 1.54) is 11.8 Å². The van der Waals surface area contributed by atoms with Crippen LogP contribution in [0.15, 0.2) is 81.8 Å². The van der Waals surface area contributed by atoms with Crippen molar-refractivity contribution in [1.29, 1.82) is 5.26 Å². The summed E-state index contributed by atoms with van der Waals surface area (Å²) in [5.41, 5.74) is 3.51. The van der Waals surface area contributed by atoms with E-state index in [9.17, 15) is 10.1 Å². The van der Waals surface area contributed by atoms with Crippen molar-refractivity contribution in [3.63, 3.8) is 0 Å². The van der Waals surface area contributed by atoms with Gasteiger partial charge in [0, 0.05) is 19.0 Å². The van der Waals surface area contributed by atoms with Gasteiger partial charge in [0.2, 0.25) is 17.5 Å². The zero-order valence-corrected chi connectivity index (χ0v) is 19.5. The van der Waals surface area contributed by atoms with Crippen LogP contribution in [0.5, 0.6) is 0 Å². The second kappa shape index (κ2) is 9.90. The fourth-order valence-corrected chi connectivity index (χ4v) is 4.47. The number of piperidine rings is 1. The lowest BCUT2D eigenvalue weighted by molar-refractivity contribution is -0.126. The fraction of sp³-hybridized carbons (Fsp3) is 0.250. The van der Waals surface area contributed by atoms with Gasteiger partial charge in [-0.3, -0.25) is 4.79 Å². The second-order valence-corrected chi connectivity index (χ2v) is 8.79. The van der Waals surface area contributed by atoms with E-state index >= 15 is 0 Å². The first-order valence-electron chi connectivity index (χ1n) is 11.7. The topological polar surface area (TPSA) is 95.3 Å². The quantitative estimate of drug-likeness (QED) is 0.418. The Hall–Kier alpha value is -4.31. The number of carbonyl (C=O) groups excluding carboxylic acids is 1. The molecule has 1 N–H and O–H groups in total. The number of anilines is 1. The second-order valence-electron chi connectivity index (χ2n) is 8.79. The van der Waals surface area contributed by atoms with Crippen LogP contribution in [0.3, 0.4) is 0 Å². The number of furan rings is 1. The number of hydrogen-bond acceptors (Lipinski definition) is 6. The number of aromatic nitrogens is 1. The molecule has 1 unspecified atom stereocenters. The Morgan fingerprint density at radius 2 is 1.77 bits per heavy atom. The van der Waals surface area contributed by atoms with E-state index in [2.05, 4.69) is 47.6 Å². The molecular weight excluding hydrogens is 440 g/mol. The predicted molar refractivity (Wildman–Crippen MR) is 131 cm³/mol. The Morgan fingerprint density at radius 1 is 1.06 bits per heavy atom. The SMILES string of the molecule is Cc1ccc(C(NC(=O)C2CCN(c3oc(-c4ccco4)nc3C#N)CC2)c2ccccc2)cc1. The summed E-state index contributed by atoms with van der Waals surface area (Å²) in [4.78, 5) is 19.6. The van der Waals surface area contributed by atoms with Crippen molar-refractivity contribution >= 4 is 11.8 Å². The van der Waals surface area contributed by atoms with Gasteiger partial charge in [0.1, 0.15) is 6.07 Å². The van der Waals surface area contributed by atoms with E-state index in [0.717, 1.165) is 11.1 Å². The lowest BCUT2D eigenvalue weighted by Gasteiger charge is -2.32. The molecule has 0 saturated carbocycles. The van der Waals surface area contributed by atoms with Crippen LogP contribution in [0.2, 0.25) is 0 Å². The predicted octanol–water partition coefficient (Wildman–Crippen LogP) is 5.24. The van der Waals surface area contributed by atoms with Gasteiger partial charge in [-0.1, -0.05) is 60.2 Å². The van der Waals surface area contributed by atoms with Gasteiger partial charge >= 0.3 is 0 Å². The van der Waals surface area contributed by atoms with Gasteiger partial charge in [-0.2, -0.15) is 10.2 Å². The highest BCUT2D eigenvalue weighted by Gasteiger charge is 2.30. The molecule has 1 aliphatic heterocycles. The van der Waals surface area contributed by atoms with Crippen LogP contribution in [-0.4, -0.2) is 24.0 Å². The molecule has 0 radical (unpaired) electrons. The van der Waals surface area contributed by atoms with Crippen LogP contribution in [0.1, 0.15) is 41.3 Å². The molecule has 7 heteroatoms. The molecule has 1 atom stereocenters. The van der Waals surface area contributed by atoms with Crippen molar-refractivity contribution in [2.24, 2.45) is 5.92 Å². The molecule has 1 aliphatic rings. The minimum Gasteiger partial charge on any atom is -0.459 e. The zero-order chi connectivity index (χ0) is 24.2. The maximum atomic E-state index is 13.3. The Bertz CT molecular complexity index is 1310. The third-order valence-electron chi connectivity index (χ3n) is 6.43. The van der Waals surface area contributed by atoms with Gasteiger partial charge in [-0.15, -0.1) is 0 Å². The smallest absolute Gasteiger partial charge is 0.266 e. The molecule has 0 bridgehead atoms. The number of rotatable bonds is 6. The van der Waals surface area contributed by atoms with E-state index in [0.29, 0.717) is 37.6 Å². The van der Waals surface area contributed by atoms with Crippen LogP contribution in [0.4, 0.5) is 5.88 Å². The lowest BCUT2D eigenvalue weighted by atomic mass is 9.93. The highest BCUT2D eigenvalue weighted by molar-refractivity contribution is 5.80. The molecule has 4 aromatic rings. The number of nitriles is 1. The van der Waals surface area contributed by atoms with Gasteiger partial charge < -0.3 is 19.1 Å². The van der Waals surface area contributed by atoms with E-state index in [-0.39, 0.29) is 29.5 Å². The van der Waals surface area contributed by atoms with Crippen LogP contribution in [0, 0.1) is 24.2 Å². The summed E-state index contributed by atoms with van der Waals surface area (Å²) in [5, 5.41) is 12.8. The highest BCUT2D eigenvalue weighted by Crippen LogP contribution is 2.32. The van der Waals surface area contributed by atoms with Crippen LogP contribution in [-0.2, 0) is 4.79 Å². The van der Waals surface area contributed by atoms with Crippen molar-refractivity contribution in [3.05, 3.63) is 95.4 Å². The van der Waals surface area contributed by atoms with Gasteiger partial charge in [-0.05, 0) is 43.0 Å². The van der Waals surface area contributed by atoms with Crippen LogP contribution >= 0.6 is 0 Å². The van der Waals surface area contributed by atoms with E-state index in [1.54, 1.807) is 12.1 Å². The molecule has 176 valence electrons. The first kappa shape index (κ1) is 22.5. The van der Waals surface area contributed by atoms with Crippen molar-refractivity contribution in [1.82, 2.24) is 10.3 Å². The summed E-state index contributed by atoms with van der Waals surface area (Å²) < 4.78 is 11.2. The Labute approximate surface area is 204 Å². The molecule has 3 heterocycles. The number of nitrogens with zero attached hydrogens (tertiary/aromatic N) is 3. The monoisotopic (exact) mass is 466 g/mol. The Balaban J connectivity index is 1.28. The van der Waals surface area contributed by atoms with Gasteiger partial charge in [-0.25, -0.2) is 0 Å². The number of carbonyl (C=O) groups is 1. The number of benzene rings is 2. The maximum absolute atomic E-state index is 13.3. The summed E-state index contributed by atoms with van der Waals surface area (Å²) in [7, 11) is 0. The molecule has 2 aromatic heterocycles. The van der Waals surface area contributed by atoms with E-state index in [1.807, 2.05) is 35.2 Å². The molecule has 7 nitrogen and oxygen atoms in total. The third-order valence-corrected chi connectivity index (χ3v) is 6.43. The lowest BCUT2D eigenvalue weighted by Crippen LogP contribution is -2.42. The molecule has 2 aromatic carbocycles. The number of aryl methyl sites for hydroxylation is 1. The standard InChI is InChI=1S/C28H26N4O3/c1-19-9-11-21(12-10-19)25(20-6-3-2-4-7-20)31-26(33)22-13-15-32(16-14-22)28-23(18-29)30-27(35-28)24-8-5-17-34-24/h2-12,17,22,25H,13-16H2,1H3,(H,31,33). The molecule has 0 spiro atoms. The summed E-state index contributed by atoms with van der Waals surface area (Å²) in [6.07, 6.45) is 2.85. The normalized spacial score (nSPS) is 14.9. The number of oxazole rings is 1. The molecule has 1 fully saturated rings. The highest BCUT2D eigenvalue weighted by atomic mass is 16.4. The van der Waals surface area contributed by atoms with Gasteiger partial charge in [0.25, 0.3) is 5.89 Å². The van der Waals surface area contributed by atoms with Crippen LogP contribution in [0.25, 0.3) is 11.7 Å². The maximum Gasteiger partial charge on any atom is 0.266 e. The fourth-order valence-electron chi connectivity index (χ4n) is 4.47. The number of nitrogens with one attached hydrogen (secondary N) is 1. The molecular formula is C28H26N4O3. The molecule has 35 heavy (non-hydrogen) atoms. The minimum absolute atomic E-state index is 0.0356. The van der Waals surface area contributed by atoms with Gasteiger partial charge in [0.05, 0.1) is 12.3 Å². The molecule has 1 amide bonds. The molecule has 5 rings (SSSR count). The zero-order valence-electron chi connectivity index (χ0n) is 19.5. The van der Waals surface area contributed by atoms with E-state index < -0.39 is 0 Å². The molecule has 0 aliphatic carbocycles. The van der Waals surface area contributed by atoms with Crippen molar-refractivity contribution in [2.75, 3.05) is 18.0 Å². The van der Waals surface area contributed by atoms with E-state index in [4.69, 9.17) is 8.83 Å². The summed E-state index contributed by atoms with van der Waals surface area (Å²) in [6, 6.07) is 23.7. The Kier molecular flexibility index (Phi) is 6.36. The first-order chi connectivity index (χ1) is 17.1. The summed E-state index contributed by atoms with van der Waals surface area (Å²) >= 11 is 0. The average Bonchev–Trinajstić information content (AvgIpc) is 3.59. The number of amides is 1. The molecule has 1 saturated heterocycles. The Morgan fingerprint density at radius 3 is 2.43 bits per heavy atom.